The first-order chi connectivity index (χ1) is 7.59. The van der Waals surface area contributed by atoms with Gasteiger partial charge in [0.05, 0.1) is 6.10 Å². The van der Waals surface area contributed by atoms with Gasteiger partial charge in [0.15, 0.2) is 0 Å². The van der Waals surface area contributed by atoms with Crippen molar-refractivity contribution in [1.29, 1.82) is 0 Å². The average Bonchev–Trinajstić information content (AvgIpc) is 2.20. The Bertz CT molecular complexity index is 326. The van der Waals surface area contributed by atoms with E-state index in [-0.39, 0.29) is 11.9 Å². The normalized spacial score (nSPS) is 12.8. The summed E-state index contributed by atoms with van der Waals surface area (Å²) < 4.78 is 12.8. The van der Waals surface area contributed by atoms with Gasteiger partial charge >= 0.3 is 0 Å². The highest BCUT2D eigenvalue weighted by atomic mass is 19.1. The van der Waals surface area contributed by atoms with Gasteiger partial charge in [-0.25, -0.2) is 4.39 Å². The molecule has 3 heteroatoms. The van der Waals surface area contributed by atoms with Gasteiger partial charge in [-0.05, 0) is 63.0 Å². The van der Waals surface area contributed by atoms with Gasteiger partial charge in [0.25, 0.3) is 0 Å². The van der Waals surface area contributed by atoms with E-state index in [0.717, 1.165) is 31.5 Å². The molecule has 1 aromatic rings. The number of aliphatic hydroxyl groups is 1. The fourth-order valence-corrected chi connectivity index (χ4v) is 1.60. The van der Waals surface area contributed by atoms with Gasteiger partial charge in [0.2, 0.25) is 0 Å². The van der Waals surface area contributed by atoms with Gasteiger partial charge < -0.3 is 10.4 Å². The smallest absolute Gasteiger partial charge is 0.123 e. The second-order valence-corrected chi connectivity index (χ2v) is 4.21. The van der Waals surface area contributed by atoms with Crippen LogP contribution >= 0.6 is 0 Å². The number of hydrogen-bond donors (Lipinski definition) is 2. The third kappa shape index (κ3) is 4.73. The van der Waals surface area contributed by atoms with E-state index in [9.17, 15) is 4.39 Å². The van der Waals surface area contributed by atoms with E-state index in [0.29, 0.717) is 0 Å². The van der Waals surface area contributed by atoms with Crippen molar-refractivity contribution in [3.8, 4) is 0 Å². The largest absolute Gasteiger partial charge is 0.393 e. The summed E-state index contributed by atoms with van der Waals surface area (Å²) in [4.78, 5) is 0. The molecule has 2 N–H and O–H groups in total. The number of aliphatic hydroxyl groups excluding tert-OH is 1. The Morgan fingerprint density at radius 1 is 1.38 bits per heavy atom. The molecule has 0 amide bonds. The number of aryl methyl sites for hydroxylation is 1. The highest BCUT2D eigenvalue weighted by Gasteiger charge is 2.00. The van der Waals surface area contributed by atoms with Crippen LogP contribution in [0.15, 0.2) is 18.2 Å². The van der Waals surface area contributed by atoms with Crippen LogP contribution in [0.1, 0.15) is 24.5 Å². The van der Waals surface area contributed by atoms with E-state index < -0.39 is 0 Å². The molecule has 0 aromatic heterocycles. The molecular formula is C13H20FNO. The summed E-state index contributed by atoms with van der Waals surface area (Å²) >= 11 is 0. The Morgan fingerprint density at radius 2 is 2.12 bits per heavy atom. The molecule has 1 unspecified atom stereocenters. The Morgan fingerprint density at radius 3 is 2.75 bits per heavy atom. The van der Waals surface area contributed by atoms with Gasteiger partial charge in [-0.2, -0.15) is 0 Å². The summed E-state index contributed by atoms with van der Waals surface area (Å²) in [6.45, 7) is 5.39. The van der Waals surface area contributed by atoms with E-state index in [4.69, 9.17) is 5.11 Å². The quantitative estimate of drug-likeness (QED) is 0.726. The Balaban J connectivity index is 2.27. The maximum atomic E-state index is 12.8. The van der Waals surface area contributed by atoms with E-state index in [1.807, 2.05) is 13.0 Å². The van der Waals surface area contributed by atoms with E-state index in [2.05, 4.69) is 5.32 Å². The standard InChI is InChI=1S/C13H20FNO/c1-10-9-13(14)4-3-12(10)6-8-15-7-5-11(2)16/h3-4,9,11,15-16H,5-8H2,1-2H3. The summed E-state index contributed by atoms with van der Waals surface area (Å²) in [6, 6.07) is 4.89. The molecule has 2 nitrogen and oxygen atoms in total. The lowest BCUT2D eigenvalue weighted by molar-refractivity contribution is 0.184. The summed E-state index contributed by atoms with van der Waals surface area (Å²) in [5.74, 6) is -0.177. The lowest BCUT2D eigenvalue weighted by Gasteiger charge is -2.08. The van der Waals surface area contributed by atoms with Gasteiger partial charge in [-0.15, -0.1) is 0 Å². The number of benzene rings is 1. The van der Waals surface area contributed by atoms with Crippen molar-refractivity contribution in [2.24, 2.45) is 0 Å². The molecule has 1 aromatic carbocycles. The van der Waals surface area contributed by atoms with Gasteiger partial charge in [-0.3, -0.25) is 0 Å². The van der Waals surface area contributed by atoms with Crippen molar-refractivity contribution in [3.63, 3.8) is 0 Å². The molecule has 0 fully saturated rings. The van der Waals surface area contributed by atoms with Gasteiger partial charge in [0, 0.05) is 0 Å². The molecule has 0 bridgehead atoms. The zero-order valence-corrected chi connectivity index (χ0v) is 9.96. The summed E-state index contributed by atoms with van der Waals surface area (Å²) in [7, 11) is 0. The van der Waals surface area contributed by atoms with Crippen LogP contribution in [0.3, 0.4) is 0 Å². The minimum atomic E-state index is -0.250. The van der Waals surface area contributed by atoms with Crippen LogP contribution in [-0.2, 0) is 6.42 Å². The Kier molecular flexibility index (Phi) is 5.43. The molecule has 0 saturated heterocycles. The molecule has 0 spiro atoms. The van der Waals surface area contributed by atoms with E-state index in [1.54, 1.807) is 13.0 Å². The fraction of sp³-hybridized carbons (Fsp3) is 0.538. The van der Waals surface area contributed by atoms with E-state index >= 15 is 0 Å². The SMILES string of the molecule is Cc1cc(F)ccc1CCNCCC(C)O. The average molecular weight is 225 g/mol. The molecule has 0 saturated carbocycles. The molecule has 90 valence electrons. The predicted octanol–water partition coefficient (Wildman–Crippen LogP) is 2.04. The maximum Gasteiger partial charge on any atom is 0.123 e. The number of hydrogen-bond acceptors (Lipinski definition) is 2. The molecular weight excluding hydrogens is 205 g/mol. The van der Waals surface area contributed by atoms with E-state index in [1.165, 1.54) is 11.6 Å². The van der Waals surface area contributed by atoms with Crippen molar-refractivity contribution in [2.75, 3.05) is 13.1 Å². The first-order valence-electron chi connectivity index (χ1n) is 5.73. The van der Waals surface area contributed by atoms with Crippen LogP contribution in [0.25, 0.3) is 0 Å². The van der Waals surface area contributed by atoms with Crippen molar-refractivity contribution < 1.29 is 9.50 Å². The zero-order chi connectivity index (χ0) is 12.0. The van der Waals surface area contributed by atoms with Crippen molar-refractivity contribution in [3.05, 3.63) is 35.1 Å². The summed E-state index contributed by atoms with van der Waals surface area (Å²) in [5.41, 5.74) is 2.17. The van der Waals surface area contributed by atoms with Crippen LogP contribution in [0.2, 0.25) is 0 Å². The molecule has 16 heavy (non-hydrogen) atoms. The van der Waals surface area contributed by atoms with Crippen LogP contribution in [0.5, 0.6) is 0 Å². The second-order valence-electron chi connectivity index (χ2n) is 4.21. The lowest BCUT2D eigenvalue weighted by Crippen LogP contribution is -2.21. The maximum absolute atomic E-state index is 12.8. The van der Waals surface area contributed by atoms with Crippen molar-refractivity contribution >= 4 is 0 Å². The molecule has 1 rings (SSSR count). The second kappa shape index (κ2) is 6.61. The molecule has 0 aliphatic rings. The highest BCUT2D eigenvalue weighted by Crippen LogP contribution is 2.10. The summed E-state index contributed by atoms with van der Waals surface area (Å²) in [5, 5.41) is 12.3. The number of nitrogens with one attached hydrogen (secondary N) is 1. The highest BCUT2D eigenvalue weighted by molar-refractivity contribution is 5.26. The minimum Gasteiger partial charge on any atom is -0.393 e. The van der Waals surface area contributed by atoms with Crippen molar-refractivity contribution in [2.45, 2.75) is 32.8 Å². The van der Waals surface area contributed by atoms with Crippen molar-refractivity contribution in [1.82, 2.24) is 5.32 Å². The van der Waals surface area contributed by atoms with Gasteiger partial charge in [-0.1, -0.05) is 6.07 Å². The predicted molar refractivity (Wildman–Crippen MR) is 64.0 cm³/mol. The third-order valence-electron chi connectivity index (χ3n) is 2.61. The zero-order valence-electron chi connectivity index (χ0n) is 9.96. The molecule has 0 aliphatic carbocycles. The van der Waals surface area contributed by atoms with Crippen LogP contribution < -0.4 is 5.32 Å². The van der Waals surface area contributed by atoms with Gasteiger partial charge in [0.1, 0.15) is 5.82 Å². The topological polar surface area (TPSA) is 32.3 Å². The molecule has 0 heterocycles. The molecule has 0 radical (unpaired) electrons. The first kappa shape index (κ1) is 13.1. The Labute approximate surface area is 96.5 Å². The monoisotopic (exact) mass is 225 g/mol. The molecule has 1 atom stereocenters. The number of halogens is 1. The Hall–Kier alpha value is -0.930. The number of rotatable bonds is 6. The minimum absolute atomic E-state index is 0.177. The summed E-state index contributed by atoms with van der Waals surface area (Å²) in [6.07, 6.45) is 1.41. The molecule has 0 aliphatic heterocycles. The van der Waals surface area contributed by atoms with Crippen LogP contribution in [0.4, 0.5) is 4.39 Å². The van der Waals surface area contributed by atoms with Crippen LogP contribution in [-0.4, -0.2) is 24.3 Å². The fourth-order valence-electron chi connectivity index (χ4n) is 1.60. The third-order valence-corrected chi connectivity index (χ3v) is 2.61. The lowest BCUT2D eigenvalue weighted by atomic mass is 10.1. The first-order valence-corrected chi connectivity index (χ1v) is 5.73. The van der Waals surface area contributed by atoms with Crippen LogP contribution in [0, 0.1) is 12.7 Å².